The summed E-state index contributed by atoms with van der Waals surface area (Å²) in [6.07, 6.45) is 3.74. The first-order chi connectivity index (χ1) is 12.6. The first-order valence-corrected chi connectivity index (χ1v) is 9.51. The number of nitrogens with zero attached hydrogens (tertiary/aromatic N) is 1. The van der Waals surface area contributed by atoms with Gasteiger partial charge in [-0.2, -0.15) is 0 Å². The van der Waals surface area contributed by atoms with Crippen molar-refractivity contribution in [3.63, 3.8) is 0 Å². The molecule has 2 aromatic carbocycles. The maximum absolute atomic E-state index is 14.3. The number of alkyl halides is 2. The Bertz CT molecular complexity index is 726. The Morgan fingerprint density at radius 2 is 1.46 bits per heavy atom. The van der Waals surface area contributed by atoms with Crippen LogP contribution in [0.2, 0.25) is 0 Å². The summed E-state index contributed by atoms with van der Waals surface area (Å²) in [7, 11) is 0. The topological polar surface area (TPSA) is 12.5 Å². The van der Waals surface area contributed by atoms with Crippen molar-refractivity contribution < 1.29 is 13.5 Å². The molecule has 1 aliphatic heterocycles. The van der Waals surface area contributed by atoms with Crippen LogP contribution in [-0.4, -0.2) is 37.1 Å². The van der Waals surface area contributed by atoms with E-state index >= 15 is 0 Å². The molecule has 0 aromatic heterocycles. The highest BCUT2D eigenvalue weighted by molar-refractivity contribution is 5.51. The zero-order chi connectivity index (χ0) is 18.0. The fourth-order valence-electron chi connectivity index (χ4n) is 4.12. The minimum Gasteiger partial charge on any atom is -0.492 e. The van der Waals surface area contributed by atoms with E-state index in [1.165, 1.54) is 19.3 Å². The van der Waals surface area contributed by atoms with Crippen LogP contribution in [0.5, 0.6) is 5.75 Å². The molecule has 1 aliphatic carbocycles. The van der Waals surface area contributed by atoms with Crippen molar-refractivity contribution in [2.45, 2.75) is 37.0 Å². The predicted octanol–water partition coefficient (Wildman–Crippen LogP) is 4.88. The van der Waals surface area contributed by atoms with Gasteiger partial charge >= 0.3 is 0 Å². The van der Waals surface area contributed by atoms with E-state index < -0.39 is 11.3 Å². The van der Waals surface area contributed by atoms with Crippen LogP contribution in [-0.2, 0) is 5.41 Å². The third-order valence-electron chi connectivity index (χ3n) is 5.73. The second-order valence-corrected chi connectivity index (χ2v) is 7.43. The summed E-state index contributed by atoms with van der Waals surface area (Å²) >= 11 is 0. The molecule has 138 valence electrons. The fourth-order valence-corrected chi connectivity index (χ4v) is 4.12. The van der Waals surface area contributed by atoms with Gasteiger partial charge in [-0.25, -0.2) is 8.78 Å². The van der Waals surface area contributed by atoms with Crippen molar-refractivity contribution in [1.29, 1.82) is 0 Å². The predicted molar refractivity (Wildman–Crippen MR) is 99.0 cm³/mol. The van der Waals surface area contributed by atoms with Gasteiger partial charge in [-0.15, -0.1) is 0 Å². The SMILES string of the molecule is FC1(F)C[C@]1(c1ccccc1)c1ccc(OCCN2CCCCC2)cc1. The molecule has 2 fully saturated rings. The quantitative estimate of drug-likeness (QED) is 0.731. The molecule has 2 aromatic rings. The summed E-state index contributed by atoms with van der Waals surface area (Å²) in [4.78, 5) is 2.42. The Labute approximate surface area is 153 Å². The van der Waals surface area contributed by atoms with Gasteiger partial charge in [0, 0.05) is 13.0 Å². The zero-order valence-corrected chi connectivity index (χ0v) is 15.0. The molecule has 1 heterocycles. The smallest absolute Gasteiger partial charge is 0.263 e. The Kier molecular flexibility index (Phi) is 4.70. The molecule has 4 heteroatoms. The molecule has 0 N–H and O–H groups in total. The molecule has 0 amide bonds. The molecule has 0 bridgehead atoms. The Morgan fingerprint density at radius 1 is 0.846 bits per heavy atom. The van der Waals surface area contributed by atoms with Crippen LogP contribution in [0.4, 0.5) is 8.78 Å². The second kappa shape index (κ2) is 6.99. The van der Waals surface area contributed by atoms with Gasteiger partial charge in [0.15, 0.2) is 0 Å². The van der Waals surface area contributed by atoms with Crippen molar-refractivity contribution in [2.75, 3.05) is 26.2 Å². The van der Waals surface area contributed by atoms with Gasteiger partial charge in [-0.1, -0.05) is 48.9 Å². The highest BCUT2D eigenvalue weighted by Gasteiger charge is 2.72. The van der Waals surface area contributed by atoms with Gasteiger partial charge in [0.25, 0.3) is 5.92 Å². The number of piperidine rings is 1. The lowest BCUT2D eigenvalue weighted by molar-refractivity contribution is 0.0966. The molecule has 2 nitrogen and oxygen atoms in total. The van der Waals surface area contributed by atoms with Crippen LogP contribution in [0, 0.1) is 0 Å². The van der Waals surface area contributed by atoms with Crippen molar-refractivity contribution in [3.8, 4) is 5.75 Å². The summed E-state index contributed by atoms with van der Waals surface area (Å²) in [5.74, 6) is -1.94. The average Bonchev–Trinajstić information content (AvgIpc) is 3.27. The van der Waals surface area contributed by atoms with Crippen LogP contribution in [0.3, 0.4) is 0 Å². The highest BCUT2D eigenvalue weighted by atomic mass is 19.3. The molecule has 0 spiro atoms. The Hall–Kier alpha value is -1.94. The third kappa shape index (κ3) is 3.23. The number of likely N-dealkylation sites (tertiary alicyclic amines) is 1. The third-order valence-corrected chi connectivity index (χ3v) is 5.73. The molecule has 1 saturated carbocycles. The molecule has 0 unspecified atom stereocenters. The van der Waals surface area contributed by atoms with E-state index in [4.69, 9.17) is 4.74 Å². The van der Waals surface area contributed by atoms with Gasteiger partial charge in [0.05, 0.1) is 5.41 Å². The summed E-state index contributed by atoms with van der Waals surface area (Å²) < 4.78 is 34.4. The van der Waals surface area contributed by atoms with E-state index in [9.17, 15) is 8.78 Å². The molecule has 1 atom stereocenters. The summed E-state index contributed by atoms with van der Waals surface area (Å²) in [5.41, 5.74) is 0.168. The van der Waals surface area contributed by atoms with E-state index in [1.54, 1.807) is 24.3 Å². The molecular weight excluding hydrogens is 332 g/mol. The number of ether oxygens (including phenoxy) is 1. The Balaban J connectivity index is 1.42. The second-order valence-electron chi connectivity index (χ2n) is 7.43. The fraction of sp³-hybridized carbons (Fsp3) is 0.455. The number of hydrogen-bond acceptors (Lipinski definition) is 2. The summed E-state index contributed by atoms with van der Waals surface area (Å²) in [6, 6.07) is 16.3. The van der Waals surface area contributed by atoms with E-state index in [-0.39, 0.29) is 6.42 Å². The Morgan fingerprint density at radius 3 is 2.08 bits per heavy atom. The van der Waals surface area contributed by atoms with Gasteiger partial charge in [0.2, 0.25) is 0 Å². The molecular formula is C22H25F2NO. The van der Waals surface area contributed by atoms with Gasteiger partial charge < -0.3 is 4.74 Å². The van der Waals surface area contributed by atoms with Crippen molar-refractivity contribution in [3.05, 3.63) is 65.7 Å². The molecule has 0 radical (unpaired) electrons. The average molecular weight is 357 g/mol. The molecule has 2 aliphatic rings. The first-order valence-electron chi connectivity index (χ1n) is 9.51. The van der Waals surface area contributed by atoms with E-state index in [0.29, 0.717) is 17.7 Å². The lowest BCUT2D eigenvalue weighted by Gasteiger charge is -2.26. The number of benzene rings is 2. The van der Waals surface area contributed by atoms with E-state index in [0.717, 1.165) is 25.4 Å². The molecule has 26 heavy (non-hydrogen) atoms. The van der Waals surface area contributed by atoms with Gasteiger partial charge in [0.1, 0.15) is 12.4 Å². The largest absolute Gasteiger partial charge is 0.492 e. The van der Waals surface area contributed by atoms with Crippen LogP contribution in [0.15, 0.2) is 54.6 Å². The standard InChI is InChI=1S/C22H25F2NO/c23-22(24)17-21(22,18-7-3-1-4-8-18)19-9-11-20(12-10-19)26-16-15-25-13-5-2-6-14-25/h1,3-4,7-12H,2,5-6,13-17H2/t21-/m0/s1. The number of halogens is 2. The first kappa shape index (κ1) is 17.5. The van der Waals surface area contributed by atoms with Gasteiger partial charge in [-0.05, 0) is 49.2 Å². The monoisotopic (exact) mass is 357 g/mol. The summed E-state index contributed by atoms with van der Waals surface area (Å²) in [5, 5.41) is 0. The van der Waals surface area contributed by atoms with Crippen LogP contribution >= 0.6 is 0 Å². The maximum Gasteiger partial charge on any atom is 0.263 e. The minimum atomic E-state index is -2.69. The zero-order valence-electron chi connectivity index (χ0n) is 15.0. The highest BCUT2D eigenvalue weighted by Crippen LogP contribution is 2.65. The lowest BCUT2D eigenvalue weighted by atomic mass is 9.87. The van der Waals surface area contributed by atoms with Crippen LogP contribution < -0.4 is 4.74 Å². The number of hydrogen-bond donors (Lipinski definition) is 0. The normalized spacial score (nSPS) is 25.0. The van der Waals surface area contributed by atoms with Crippen molar-refractivity contribution >= 4 is 0 Å². The van der Waals surface area contributed by atoms with Crippen molar-refractivity contribution in [1.82, 2.24) is 4.90 Å². The number of rotatable bonds is 6. The molecule has 4 rings (SSSR count). The lowest BCUT2D eigenvalue weighted by Crippen LogP contribution is -2.33. The van der Waals surface area contributed by atoms with E-state index in [2.05, 4.69) is 4.90 Å². The molecule has 1 saturated heterocycles. The van der Waals surface area contributed by atoms with Crippen molar-refractivity contribution in [2.24, 2.45) is 0 Å². The maximum atomic E-state index is 14.3. The minimum absolute atomic E-state index is 0.126. The van der Waals surface area contributed by atoms with Gasteiger partial charge in [-0.3, -0.25) is 4.90 Å². The summed E-state index contributed by atoms with van der Waals surface area (Å²) in [6.45, 7) is 3.86. The van der Waals surface area contributed by atoms with Crippen LogP contribution in [0.25, 0.3) is 0 Å². The van der Waals surface area contributed by atoms with E-state index in [1.807, 2.05) is 30.3 Å². The van der Waals surface area contributed by atoms with Crippen LogP contribution in [0.1, 0.15) is 36.8 Å².